The molecule has 4 rings (SSSR count). The Morgan fingerprint density at radius 1 is 1.03 bits per heavy atom. The summed E-state index contributed by atoms with van der Waals surface area (Å²) in [5, 5.41) is 9.16. The Kier molecular flexibility index (Phi) is 8.32. The van der Waals surface area contributed by atoms with Crippen molar-refractivity contribution in [1.29, 1.82) is 0 Å². The van der Waals surface area contributed by atoms with Gasteiger partial charge in [-0.15, -0.1) is 12.4 Å². The van der Waals surface area contributed by atoms with Gasteiger partial charge in [0.15, 0.2) is 0 Å². The number of carboxylic acids is 1. The first-order valence-corrected chi connectivity index (χ1v) is 10.8. The minimum atomic E-state index is -0.782. The third kappa shape index (κ3) is 5.90. The predicted molar refractivity (Wildman–Crippen MR) is 130 cm³/mol. The Balaban J connectivity index is 0.00000289. The minimum Gasteiger partial charge on any atom is -0.489 e. The van der Waals surface area contributed by atoms with E-state index in [4.69, 9.17) is 9.84 Å². The molecule has 0 heterocycles. The fraction of sp³-hybridized carbons (Fsp3) is 0.296. The van der Waals surface area contributed by atoms with E-state index < -0.39 is 5.97 Å². The lowest BCUT2D eigenvalue weighted by Crippen LogP contribution is -2.35. The first-order chi connectivity index (χ1) is 15.1. The number of carboxylic acid groups (broad SMARTS) is 1. The Bertz CT molecular complexity index is 1010. The molecule has 0 fully saturated rings. The maximum Gasteiger partial charge on any atom is 0.317 e. The second-order valence-corrected chi connectivity index (χ2v) is 8.41. The van der Waals surface area contributed by atoms with Crippen LogP contribution in [-0.4, -0.2) is 36.1 Å². The molecule has 1 aliphatic carbocycles. The van der Waals surface area contributed by atoms with Gasteiger partial charge in [0.05, 0.1) is 6.54 Å². The van der Waals surface area contributed by atoms with Crippen molar-refractivity contribution in [3.63, 3.8) is 0 Å². The summed E-state index contributed by atoms with van der Waals surface area (Å²) >= 11 is 0. The molecule has 0 aromatic heterocycles. The van der Waals surface area contributed by atoms with Crippen molar-refractivity contribution < 1.29 is 14.6 Å². The summed E-state index contributed by atoms with van der Waals surface area (Å²) in [6.07, 6.45) is 2.01. The van der Waals surface area contributed by atoms with Crippen molar-refractivity contribution in [3.8, 4) is 5.75 Å². The number of likely N-dealkylation sites (N-methyl/N-ethyl adjacent to an activating group) is 1. The van der Waals surface area contributed by atoms with Gasteiger partial charge in [0.2, 0.25) is 0 Å². The number of nitrogens with zero attached hydrogens (tertiary/aromatic N) is 1. The van der Waals surface area contributed by atoms with Crippen molar-refractivity contribution in [2.24, 2.45) is 5.92 Å². The van der Waals surface area contributed by atoms with Gasteiger partial charge in [0.1, 0.15) is 12.4 Å². The molecule has 1 aliphatic rings. The smallest absolute Gasteiger partial charge is 0.317 e. The zero-order chi connectivity index (χ0) is 21.6. The number of aliphatic carboxylic acids is 1. The first-order valence-electron chi connectivity index (χ1n) is 10.8. The summed E-state index contributed by atoms with van der Waals surface area (Å²) in [5.74, 6) is 0.741. The highest BCUT2D eigenvalue weighted by atomic mass is 35.5. The fourth-order valence-electron chi connectivity index (χ4n) is 4.70. The van der Waals surface area contributed by atoms with E-state index in [1.54, 1.807) is 0 Å². The summed E-state index contributed by atoms with van der Waals surface area (Å²) in [6, 6.07) is 27.2. The Hall–Kier alpha value is -2.82. The molecular formula is C27H30ClNO3. The number of fused-ring (bicyclic) bond motifs is 1. The number of carbonyl (C=O) groups is 1. The molecule has 3 aromatic rings. The van der Waals surface area contributed by atoms with Crippen molar-refractivity contribution in [3.05, 3.63) is 101 Å². The second kappa shape index (κ2) is 11.2. The molecule has 4 nitrogen and oxygen atoms in total. The van der Waals surface area contributed by atoms with Crippen LogP contribution in [0.5, 0.6) is 5.75 Å². The van der Waals surface area contributed by atoms with Crippen molar-refractivity contribution in [2.45, 2.75) is 25.4 Å². The Labute approximate surface area is 196 Å². The van der Waals surface area contributed by atoms with Gasteiger partial charge in [-0.25, -0.2) is 0 Å². The van der Waals surface area contributed by atoms with E-state index in [9.17, 15) is 4.79 Å². The van der Waals surface area contributed by atoms with Crippen molar-refractivity contribution in [2.75, 3.05) is 20.1 Å². The van der Waals surface area contributed by atoms with Crippen LogP contribution < -0.4 is 4.74 Å². The van der Waals surface area contributed by atoms with Gasteiger partial charge in [-0.2, -0.15) is 0 Å². The van der Waals surface area contributed by atoms with E-state index in [0.29, 0.717) is 12.5 Å². The molecule has 0 spiro atoms. The average Bonchev–Trinajstić information content (AvgIpc) is 2.78. The van der Waals surface area contributed by atoms with Crippen molar-refractivity contribution >= 4 is 18.4 Å². The molecule has 0 bridgehead atoms. The maximum absolute atomic E-state index is 11.1. The molecule has 5 heteroatoms. The third-order valence-corrected chi connectivity index (χ3v) is 6.06. The normalized spacial score (nSPS) is 17.3. The number of benzene rings is 3. The zero-order valence-corrected chi connectivity index (χ0v) is 19.1. The lowest BCUT2D eigenvalue weighted by atomic mass is 9.71. The van der Waals surface area contributed by atoms with Gasteiger partial charge in [0.25, 0.3) is 0 Å². The van der Waals surface area contributed by atoms with E-state index in [0.717, 1.165) is 30.7 Å². The molecule has 168 valence electrons. The maximum atomic E-state index is 11.1. The molecule has 0 saturated heterocycles. The second-order valence-electron chi connectivity index (χ2n) is 8.41. The third-order valence-electron chi connectivity index (χ3n) is 6.06. The number of ether oxygens (including phenoxy) is 1. The molecule has 0 saturated carbocycles. The van der Waals surface area contributed by atoms with Crippen LogP contribution in [0.2, 0.25) is 0 Å². The molecule has 1 N–H and O–H groups in total. The number of hydrogen-bond acceptors (Lipinski definition) is 3. The highest BCUT2D eigenvalue weighted by Gasteiger charge is 2.32. The molecular weight excluding hydrogens is 422 g/mol. The van der Waals surface area contributed by atoms with Crippen LogP contribution >= 0.6 is 12.4 Å². The number of aryl methyl sites for hydroxylation is 1. The summed E-state index contributed by atoms with van der Waals surface area (Å²) in [6.45, 7) is 1.39. The standard InChI is InChI=1S/C27H29NO3.ClH/c1-28(18-26(29)30)17-23-13-12-22-16-24(31-19-20-8-4-2-5-9-20)14-15-25(22)27(23)21-10-6-3-7-11-21;/h2-11,14-16,23,27H,12-13,17-19H2,1H3,(H,29,30);1H. The lowest BCUT2D eigenvalue weighted by Gasteiger charge is -2.36. The molecule has 0 aliphatic heterocycles. The van der Waals surface area contributed by atoms with Gasteiger partial charge in [-0.3, -0.25) is 9.69 Å². The fourth-order valence-corrected chi connectivity index (χ4v) is 4.70. The summed E-state index contributed by atoms with van der Waals surface area (Å²) in [7, 11) is 1.90. The molecule has 32 heavy (non-hydrogen) atoms. The summed E-state index contributed by atoms with van der Waals surface area (Å²) in [4.78, 5) is 13.1. The predicted octanol–water partition coefficient (Wildman–Crippen LogP) is 5.40. The first kappa shape index (κ1) is 23.8. The van der Waals surface area contributed by atoms with E-state index in [2.05, 4.69) is 54.6 Å². The van der Waals surface area contributed by atoms with Crippen molar-refractivity contribution in [1.82, 2.24) is 4.90 Å². The highest BCUT2D eigenvalue weighted by Crippen LogP contribution is 2.42. The molecule has 2 unspecified atom stereocenters. The van der Waals surface area contributed by atoms with Gasteiger partial charge in [0, 0.05) is 12.5 Å². The van der Waals surface area contributed by atoms with Gasteiger partial charge in [-0.1, -0.05) is 66.7 Å². The Morgan fingerprint density at radius 2 is 1.72 bits per heavy atom. The molecule has 2 atom stereocenters. The van der Waals surface area contributed by atoms with Crippen LogP contribution in [-0.2, 0) is 17.8 Å². The monoisotopic (exact) mass is 451 g/mol. The van der Waals surface area contributed by atoms with Gasteiger partial charge in [-0.05, 0) is 60.2 Å². The number of hydrogen-bond donors (Lipinski definition) is 1. The lowest BCUT2D eigenvalue weighted by molar-refractivity contribution is -0.138. The van der Waals surface area contributed by atoms with Crippen LogP contribution in [0.1, 0.15) is 34.6 Å². The van der Waals surface area contributed by atoms with E-state index in [-0.39, 0.29) is 24.9 Å². The molecule has 3 aromatic carbocycles. The largest absolute Gasteiger partial charge is 0.489 e. The van der Waals surface area contributed by atoms with Crippen LogP contribution in [0.15, 0.2) is 78.9 Å². The summed E-state index contributed by atoms with van der Waals surface area (Å²) < 4.78 is 6.06. The number of rotatable bonds is 8. The summed E-state index contributed by atoms with van der Waals surface area (Å²) in [5.41, 5.74) is 5.11. The topological polar surface area (TPSA) is 49.8 Å². The van der Waals surface area contributed by atoms with Crippen LogP contribution in [0.25, 0.3) is 0 Å². The quantitative estimate of drug-likeness (QED) is 0.498. The number of halogens is 1. The zero-order valence-electron chi connectivity index (χ0n) is 18.3. The SMILES string of the molecule is CN(CC(=O)O)CC1CCc2cc(OCc3ccccc3)ccc2C1c1ccccc1.Cl. The van der Waals surface area contributed by atoms with Gasteiger partial charge < -0.3 is 9.84 Å². The Morgan fingerprint density at radius 3 is 2.41 bits per heavy atom. The average molecular weight is 452 g/mol. The van der Waals surface area contributed by atoms with E-state index in [1.165, 1.54) is 16.7 Å². The molecule has 0 amide bonds. The van der Waals surface area contributed by atoms with Crippen LogP contribution in [0.3, 0.4) is 0 Å². The minimum absolute atomic E-state index is 0. The van der Waals surface area contributed by atoms with Crippen LogP contribution in [0, 0.1) is 5.92 Å². The van der Waals surface area contributed by atoms with E-state index in [1.807, 2.05) is 36.2 Å². The molecule has 0 radical (unpaired) electrons. The highest BCUT2D eigenvalue weighted by molar-refractivity contribution is 5.85. The van der Waals surface area contributed by atoms with E-state index >= 15 is 0 Å². The van der Waals surface area contributed by atoms with Crippen LogP contribution in [0.4, 0.5) is 0 Å². The van der Waals surface area contributed by atoms with Gasteiger partial charge >= 0.3 is 5.97 Å².